The van der Waals surface area contributed by atoms with E-state index in [1.165, 1.54) is 16.7 Å². The molecule has 2 fully saturated rings. The minimum absolute atomic E-state index is 0.00778. The van der Waals surface area contributed by atoms with E-state index in [0.717, 1.165) is 42.9 Å². The number of nitrogens with zero attached hydrogens (tertiary/aromatic N) is 2. The van der Waals surface area contributed by atoms with Gasteiger partial charge in [0.05, 0.1) is 5.41 Å². The fourth-order valence-corrected chi connectivity index (χ4v) is 8.92. The lowest BCUT2D eigenvalue weighted by Gasteiger charge is -2.55. The fraction of sp³-hybridized carbons (Fsp3) is 0.767. The number of anilines is 1. The van der Waals surface area contributed by atoms with Gasteiger partial charge in [-0.3, -0.25) is 9.80 Å². The van der Waals surface area contributed by atoms with E-state index < -0.39 is 5.41 Å². The Kier molecular flexibility index (Phi) is 10.9. The molecular formula is C43H75N3O2. The Balaban J connectivity index is 2.19. The van der Waals surface area contributed by atoms with Gasteiger partial charge in [-0.05, 0) is 109 Å². The number of nitrogens with two attached hydrogens (primary N) is 1. The van der Waals surface area contributed by atoms with Gasteiger partial charge in [-0.2, -0.15) is 0 Å². The molecule has 0 aromatic heterocycles. The van der Waals surface area contributed by atoms with Crippen LogP contribution in [0.25, 0.3) is 0 Å². The zero-order valence-corrected chi connectivity index (χ0v) is 34.6. The van der Waals surface area contributed by atoms with Gasteiger partial charge >= 0.3 is 0 Å². The highest BCUT2D eigenvalue weighted by Gasteiger charge is 2.50. The molecule has 2 aliphatic heterocycles. The lowest BCUT2D eigenvalue weighted by atomic mass is 9.68. The molecular weight excluding hydrogens is 590 g/mol. The van der Waals surface area contributed by atoms with Crippen LogP contribution in [0, 0.1) is 11.3 Å². The molecule has 0 unspecified atom stereocenters. The minimum Gasteiger partial charge on any atom is -0.494 e. The molecule has 1 aromatic carbocycles. The molecule has 2 saturated heterocycles. The van der Waals surface area contributed by atoms with Gasteiger partial charge < -0.3 is 15.2 Å². The number of piperidine rings is 2. The Labute approximate surface area is 297 Å². The molecule has 0 radical (unpaired) electrons. The van der Waals surface area contributed by atoms with Crippen LogP contribution in [0.5, 0.6) is 0 Å². The van der Waals surface area contributed by atoms with E-state index in [1.807, 2.05) is 0 Å². The highest BCUT2D eigenvalue weighted by atomic mass is 16.5. The van der Waals surface area contributed by atoms with Gasteiger partial charge in [-0.1, -0.05) is 80.7 Å². The molecule has 2 aliphatic rings. The summed E-state index contributed by atoms with van der Waals surface area (Å²) in [5.74, 6) is 1.65. The van der Waals surface area contributed by atoms with Crippen LogP contribution in [-0.4, -0.2) is 58.3 Å². The van der Waals surface area contributed by atoms with Crippen molar-refractivity contribution in [2.45, 2.75) is 188 Å². The maximum atomic E-state index is 7.14. The molecule has 3 rings (SSSR count). The Hall–Kier alpha value is -1.98. The van der Waals surface area contributed by atoms with Crippen molar-refractivity contribution in [3.05, 3.63) is 53.5 Å². The molecule has 2 heterocycles. The predicted octanol–water partition coefficient (Wildman–Crippen LogP) is 10.4. The van der Waals surface area contributed by atoms with Crippen LogP contribution in [0.1, 0.15) is 153 Å². The average Bonchev–Trinajstić information content (AvgIpc) is 2.87. The third kappa shape index (κ3) is 7.98. The second-order valence-corrected chi connectivity index (χ2v) is 20.4. The van der Waals surface area contributed by atoms with E-state index in [1.54, 1.807) is 0 Å². The van der Waals surface area contributed by atoms with Crippen molar-refractivity contribution < 1.29 is 9.47 Å². The number of benzene rings is 1. The molecule has 2 N–H and O–H groups in total. The molecule has 0 amide bonds. The lowest BCUT2D eigenvalue weighted by Crippen LogP contribution is -2.60. The lowest BCUT2D eigenvalue weighted by molar-refractivity contribution is -0.101. The average molecular weight is 666 g/mol. The molecule has 5 nitrogen and oxygen atoms in total. The van der Waals surface area contributed by atoms with E-state index in [2.05, 4.69) is 147 Å². The Bertz CT molecular complexity index is 1220. The van der Waals surface area contributed by atoms with Gasteiger partial charge in [0.25, 0.3) is 0 Å². The van der Waals surface area contributed by atoms with Crippen LogP contribution in [0.4, 0.5) is 5.69 Å². The molecule has 0 atom stereocenters. The molecule has 48 heavy (non-hydrogen) atoms. The number of likely N-dealkylation sites (tertiary alicyclic amines) is 2. The van der Waals surface area contributed by atoms with E-state index >= 15 is 0 Å². The predicted molar refractivity (Wildman–Crippen MR) is 208 cm³/mol. The second-order valence-electron chi connectivity index (χ2n) is 20.4. The highest BCUT2D eigenvalue weighted by Crippen LogP contribution is 2.51. The van der Waals surface area contributed by atoms with Crippen LogP contribution in [-0.2, 0) is 26.7 Å². The maximum Gasteiger partial charge on any atom is 0.103 e. The monoisotopic (exact) mass is 666 g/mol. The van der Waals surface area contributed by atoms with Gasteiger partial charge in [0.1, 0.15) is 23.7 Å². The van der Waals surface area contributed by atoms with Crippen LogP contribution in [0.2, 0.25) is 0 Å². The molecule has 0 spiro atoms. The van der Waals surface area contributed by atoms with Crippen molar-refractivity contribution in [2.24, 2.45) is 11.3 Å². The van der Waals surface area contributed by atoms with Gasteiger partial charge in [0, 0.05) is 53.5 Å². The summed E-state index contributed by atoms with van der Waals surface area (Å²) < 4.78 is 14.3. The first kappa shape index (κ1) is 40.4. The molecule has 0 saturated carbocycles. The number of hydrogen-bond donors (Lipinski definition) is 1. The molecule has 0 bridgehead atoms. The Morgan fingerprint density at radius 2 is 1.00 bits per heavy atom. The smallest absolute Gasteiger partial charge is 0.103 e. The van der Waals surface area contributed by atoms with Crippen LogP contribution in [0.15, 0.2) is 36.8 Å². The van der Waals surface area contributed by atoms with Gasteiger partial charge in [0.15, 0.2) is 0 Å². The first-order valence-electron chi connectivity index (χ1n) is 18.5. The van der Waals surface area contributed by atoms with Gasteiger partial charge in [-0.15, -0.1) is 0 Å². The number of hydrogen-bond acceptors (Lipinski definition) is 5. The summed E-state index contributed by atoms with van der Waals surface area (Å²) in [6.45, 7) is 46.2. The first-order chi connectivity index (χ1) is 21.4. The zero-order valence-electron chi connectivity index (χ0n) is 34.6. The third-order valence-corrected chi connectivity index (χ3v) is 12.5. The van der Waals surface area contributed by atoms with Crippen molar-refractivity contribution in [3.63, 3.8) is 0 Å². The molecule has 5 heteroatoms. The molecule has 1 aromatic rings. The standard InChI is InChI=1S/C43H75N3O2/c1-28(2)43(29(3)47-32-24-39(11,12)45(19)40(13,14)25-32,30(4)48-33-26-41(15,16)46(20)42(17,18)27-33)23-31-21-34(37(5,6)7)36(44)35(22-31)38(8,9)10/h21-22,28,32-33H,3-4,23-27,44H2,1-2,5-20H3. The minimum atomic E-state index is -0.657. The summed E-state index contributed by atoms with van der Waals surface area (Å²) >= 11 is 0. The molecule has 274 valence electrons. The third-order valence-electron chi connectivity index (χ3n) is 12.5. The normalized spacial score (nSPS) is 22.5. The number of nitrogen functional groups attached to an aromatic ring is 1. The van der Waals surface area contributed by atoms with E-state index in [-0.39, 0.29) is 51.1 Å². The number of rotatable bonds is 9. The first-order valence-corrected chi connectivity index (χ1v) is 18.5. The highest BCUT2D eigenvalue weighted by molar-refractivity contribution is 5.61. The maximum absolute atomic E-state index is 7.14. The Morgan fingerprint density at radius 1 is 0.708 bits per heavy atom. The van der Waals surface area contributed by atoms with Crippen molar-refractivity contribution in [1.82, 2.24) is 9.80 Å². The van der Waals surface area contributed by atoms with E-state index in [9.17, 15) is 0 Å². The largest absolute Gasteiger partial charge is 0.494 e. The van der Waals surface area contributed by atoms with Gasteiger partial charge in [0.2, 0.25) is 0 Å². The summed E-state index contributed by atoms with van der Waals surface area (Å²) in [7, 11) is 4.48. The SMILES string of the molecule is C=C(OC1CC(C)(C)N(C)C(C)(C)C1)C(Cc1cc(C(C)(C)C)c(N)c(C(C)(C)C)c1)(C(=C)OC1CC(C)(C)N(C)C(C)(C)C1)C(C)C. The molecule has 0 aliphatic carbocycles. The topological polar surface area (TPSA) is 51.0 Å². The summed E-state index contributed by atoms with van der Waals surface area (Å²) in [6, 6.07) is 4.65. The zero-order chi connectivity index (χ0) is 37.2. The van der Waals surface area contributed by atoms with Crippen LogP contribution in [0.3, 0.4) is 0 Å². The van der Waals surface area contributed by atoms with Crippen LogP contribution < -0.4 is 5.73 Å². The Morgan fingerprint density at radius 3 is 1.25 bits per heavy atom. The van der Waals surface area contributed by atoms with Crippen molar-refractivity contribution in [3.8, 4) is 0 Å². The quantitative estimate of drug-likeness (QED) is 0.210. The van der Waals surface area contributed by atoms with Crippen molar-refractivity contribution in [2.75, 3.05) is 19.8 Å². The van der Waals surface area contributed by atoms with Gasteiger partial charge in [-0.25, -0.2) is 0 Å². The second kappa shape index (κ2) is 13.0. The summed E-state index contributed by atoms with van der Waals surface area (Å²) in [5.41, 5.74) is 10.5. The van der Waals surface area contributed by atoms with E-state index in [4.69, 9.17) is 28.4 Å². The summed E-state index contributed by atoms with van der Waals surface area (Å²) in [5, 5.41) is 0. The van der Waals surface area contributed by atoms with Crippen molar-refractivity contribution in [1.29, 1.82) is 0 Å². The number of ether oxygens (including phenoxy) is 2. The van der Waals surface area contributed by atoms with E-state index in [0.29, 0.717) is 6.42 Å². The van der Waals surface area contributed by atoms with Crippen LogP contribution >= 0.6 is 0 Å². The van der Waals surface area contributed by atoms with Crippen molar-refractivity contribution >= 4 is 5.69 Å². The fourth-order valence-electron chi connectivity index (χ4n) is 8.92. The summed E-state index contributed by atoms with van der Waals surface area (Å²) in [4.78, 5) is 5.00. The summed E-state index contributed by atoms with van der Waals surface area (Å²) in [6.07, 6.45) is 4.45.